The normalized spacial score (nSPS) is 21.1. The Balaban J connectivity index is 2.90. The first-order valence-electron chi connectivity index (χ1n) is 5.72. The van der Waals surface area contributed by atoms with Crippen LogP contribution in [0, 0.1) is 0 Å². The van der Waals surface area contributed by atoms with Crippen LogP contribution in [0.15, 0.2) is 0 Å². The molecule has 0 aromatic rings. The lowest BCUT2D eigenvalue weighted by atomic mass is 9.97. The standard InChI is InChI=1S/C11H19N3O3/c1-4-5-7(12)9(16)14-6-8(15)13-10(17)11(14,2)3/h7H,4-6,12H2,1-3H3,(H,13,15,17)/t7-/m0/s1. The van der Waals surface area contributed by atoms with Gasteiger partial charge in [-0.1, -0.05) is 13.3 Å². The number of piperazine rings is 1. The third-order valence-electron chi connectivity index (χ3n) is 2.97. The molecule has 1 aliphatic rings. The summed E-state index contributed by atoms with van der Waals surface area (Å²) >= 11 is 0. The van der Waals surface area contributed by atoms with Crippen molar-refractivity contribution >= 4 is 17.7 Å². The number of hydrogen-bond acceptors (Lipinski definition) is 4. The number of nitrogens with two attached hydrogens (primary N) is 1. The molecule has 0 spiro atoms. The maximum Gasteiger partial charge on any atom is 0.252 e. The van der Waals surface area contributed by atoms with Crippen LogP contribution in [0.5, 0.6) is 0 Å². The van der Waals surface area contributed by atoms with Gasteiger partial charge in [-0.3, -0.25) is 19.7 Å². The van der Waals surface area contributed by atoms with Gasteiger partial charge in [0.15, 0.2) is 0 Å². The van der Waals surface area contributed by atoms with Crippen LogP contribution >= 0.6 is 0 Å². The summed E-state index contributed by atoms with van der Waals surface area (Å²) in [5.41, 5.74) is 4.70. The monoisotopic (exact) mass is 241 g/mol. The Kier molecular flexibility index (Phi) is 3.87. The molecule has 3 N–H and O–H groups in total. The molecule has 0 radical (unpaired) electrons. The van der Waals surface area contributed by atoms with Crippen LogP contribution in [0.3, 0.4) is 0 Å². The molecule has 0 aromatic carbocycles. The van der Waals surface area contributed by atoms with Crippen LogP contribution in [0.25, 0.3) is 0 Å². The van der Waals surface area contributed by atoms with Crippen LogP contribution in [-0.2, 0) is 14.4 Å². The van der Waals surface area contributed by atoms with E-state index < -0.39 is 23.4 Å². The Morgan fingerprint density at radius 3 is 2.65 bits per heavy atom. The SMILES string of the molecule is CCC[C@H](N)C(=O)N1CC(=O)NC(=O)C1(C)C. The molecule has 0 saturated carbocycles. The first-order valence-corrected chi connectivity index (χ1v) is 5.72. The molecule has 96 valence electrons. The molecule has 1 heterocycles. The average Bonchev–Trinajstić information content (AvgIpc) is 2.23. The van der Waals surface area contributed by atoms with E-state index in [0.717, 1.165) is 6.42 Å². The molecule has 1 saturated heterocycles. The molecule has 0 aliphatic carbocycles. The second kappa shape index (κ2) is 4.83. The summed E-state index contributed by atoms with van der Waals surface area (Å²) in [7, 11) is 0. The van der Waals surface area contributed by atoms with Crippen molar-refractivity contribution in [3.05, 3.63) is 0 Å². The zero-order valence-electron chi connectivity index (χ0n) is 10.4. The van der Waals surface area contributed by atoms with Crippen molar-refractivity contribution in [3.8, 4) is 0 Å². The maximum absolute atomic E-state index is 12.1. The third-order valence-corrected chi connectivity index (χ3v) is 2.97. The summed E-state index contributed by atoms with van der Waals surface area (Å²) in [5, 5.41) is 2.21. The van der Waals surface area contributed by atoms with Gasteiger partial charge in [-0.05, 0) is 20.3 Å². The maximum atomic E-state index is 12.1. The fourth-order valence-electron chi connectivity index (χ4n) is 1.77. The highest BCUT2D eigenvalue weighted by atomic mass is 16.2. The van der Waals surface area contributed by atoms with Crippen LogP contribution in [0.4, 0.5) is 0 Å². The zero-order valence-corrected chi connectivity index (χ0v) is 10.4. The van der Waals surface area contributed by atoms with Gasteiger partial charge in [0.25, 0.3) is 5.91 Å². The molecule has 6 nitrogen and oxygen atoms in total. The Bertz CT molecular complexity index is 352. The van der Waals surface area contributed by atoms with Gasteiger partial charge in [-0.15, -0.1) is 0 Å². The van der Waals surface area contributed by atoms with Crippen molar-refractivity contribution < 1.29 is 14.4 Å². The van der Waals surface area contributed by atoms with Gasteiger partial charge in [-0.25, -0.2) is 0 Å². The van der Waals surface area contributed by atoms with E-state index in [0.29, 0.717) is 6.42 Å². The van der Waals surface area contributed by atoms with Gasteiger partial charge < -0.3 is 10.6 Å². The van der Waals surface area contributed by atoms with E-state index in [2.05, 4.69) is 5.32 Å². The fraction of sp³-hybridized carbons (Fsp3) is 0.727. The first kappa shape index (κ1) is 13.6. The predicted octanol–water partition coefficient (Wildman–Crippen LogP) is -0.623. The highest BCUT2D eigenvalue weighted by Crippen LogP contribution is 2.19. The Morgan fingerprint density at radius 1 is 1.53 bits per heavy atom. The molecule has 3 amide bonds. The fourth-order valence-corrected chi connectivity index (χ4v) is 1.77. The zero-order chi connectivity index (χ0) is 13.2. The molecule has 0 aromatic heterocycles. The van der Waals surface area contributed by atoms with Crippen LogP contribution in [-0.4, -0.2) is 40.7 Å². The topological polar surface area (TPSA) is 92.5 Å². The smallest absolute Gasteiger partial charge is 0.252 e. The van der Waals surface area contributed by atoms with Crippen molar-refractivity contribution in [2.24, 2.45) is 5.73 Å². The lowest BCUT2D eigenvalue weighted by Gasteiger charge is -2.41. The van der Waals surface area contributed by atoms with E-state index >= 15 is 0 Å². The van der Waals surface area contributed by atoms with E-state index in [4.69, 9.17) is 5.73 Å². The van der Waals surface area contributed by atoms with E-state index in [1.54, 1.807) is 13.8 Å². The summed E-state index contributed by atoms with van der Waals surface area (Å²) in [6, 6.07) is -0.655. The Morgan fingerprint density at radius 2 is 2.12 bits per heavy atom. The Labute approximate surface area is 101 Å². The molecular weight excluding hydrogens is 222 g/mol. The highest BCUT2D eigenvalue weighted by Gasteiger charge is 2.44. The van der Waals surface area contributed by atoms with Crippen molar-refractivity contribution in [1.29, 1.82) is 0 Å². The molecule has 0 unspecified atom stereocenters. The number of amides is 3. The van der Waals surface area contributed by atoms with Crippen LogP contribution in [0.2, 0.25) is 0 Å². The minimum Gasteiger partial charge on any atom is -0.320 e. The molecular formula is C11H19N3O3. The van der Waals surface area contributed by atoms with Gasteiger partial charge in [0, 0.05) is 0 Å². The van der Waals surface area contributed by atoms with Gasteiger partial charge in [0.2, 0.25) is 11.8 Å². The van der Waals surface area contributed by atoms with Crippen molar-refractivity contribution in [3.63, 3.8) is 0 Å². The van der Waals surface area contributed by atoms with Gasteiger partial charge >= 0.3 is 0 Å². The molecule has 1 aliphatic heterocycles. The van der Waals surface area contributed by atoms with Crippen molar-refractivity contribution in [1.82, 2.24) is 10.2 Å². The summed E-state index contributed by atoms with van der Waals surface area (Å²) in [5.74, 6) is -1.28. The second-order valence-electron chi connectivity index (χ2n) is 4.76. The van der Waals surface area contributed by atoms with Gasteiger partial charge in [0.05, 0.1) is 6.04 Å². The first-order chi connectivity index (χ1) is 7.80. The van der Waals surface area contributed by atoms with E-state index in [1.165, 1.54) is 4.90 Å². The summed E-state index contributed by atoms with van der Waals surface area (Å²) in [6.45, 7) is 5.01. The lowest BCUT2D eigenvalue weighted by molar-refractivity contribution is -0.156. The molecule has 6 heteroatoms. The predicted molar refractivity (Wildman–Crippen MR) is 61.8 cm³/mol. The third kappa shape index (κ3) is 2.63. The van der Waals surface area contributed by atoms with E-state index in [-0.39, 0.29) is 12.5 Å². The largest absolute Gasteiger partial charge is 0.320 e. The lowest BCUT2D eigenvalue weighted by Crippen LogP contribution is -2.67. The minimum atomic E-state index is -1.03. The van der Waals surface area contributed by atoms with Crippen LogP contribution in [0.1, 0.15) is 33.6 Å². The van der Waals surface area contributed by atoms with Crippen LogP contribution < -0.4 is 11.1 Å². The summed E-state index contributed by atoms with van der Waals surface area (Å²) < 4.78 is 0. The molecule has 1 rings (SSSR count). The second-order valence-corrected chi connectivity index (χ2v) is 4.76. The molecule has 0 bridgehead atoms. The molecule has 1 atom stereocenters. The average molecular weight is 241 g/mol. The number of rotatable bonds is 3. The van der Waals surface area contributed by atoms with E-state index in [9.17, 15) is 14.4 Å². The number of hydrogen-bond donors (Lipinski definition) is 2. The van der Waals surface area contributed by atoms with Gasteiger partial charge in [-0.2, -0.15) is 0 Å². The van der Waals surface area contributed by atoms with E-state index in [1.807, 2.05) is 6.92 Å². The number of nitrogens with zero attached hydrogens (tertiary/aromatic N) is 1. The Hall–Kier alpha value is -1.43. The van der Waals surface area contributed by atoms with Crippen molar-refractivity contribution in [2.75, 3.05) is 6.54 Å². The molecule has 1 fully saturated rings. The minimum absolute atomic E-state index is 0.116. The number of carbonyl (C=O) groups excluding carboxylic acids is 3. The number of imide groups is 1. The quantitative estimate of drug-likeness (QED) is 0.644. The number of nitrogens with one attached hydrogen (secondary N) is 1. The number of carbonyl (C=O) groups is 3. The molecule has 17 heavy (non-hydrogen) atoms. The van der Waals surface area contributed by atoms with Gasteiger partial charge in [0.1, 0.15) is 12.1 Å². The summed E-state index contributed by atoms with van der Waals surface area (Å²) in [6.07, 6.45) is 1.32. The summed E-state index contributed by atoms with van der Waals surface area (Å²) in [4.78, 5) is 36.3. The highest BCUT2D eigenvalue weighted by molar-refractivity contribution is 6.06. The van der Waals surface area contributed by atoms with Crippen molar-refractivity contribution in [2.45, 2.75) is 45.2 Å².